The monoisotopic (exact) mass is 461 g/mol. The number of anilines is 3. The zero-order valence-electron chi connectivity index (χ0n) is 20.0. The fraction of sp³-hybridized carbons (Fsp3) is 0.125. The van der Waals surface area contributed by atoms with Crippen LogP contribution in [-0.2, 0) is 0 Å². The molecule has 0 aliphatic heterocycles. The van der Waals surface area contributed by atoms with E-state index in [0.717, 1.165) is 33.9 Å². The van der Waals surface area contributed by atoms with Crippen molar-refractivity contribution < 1.29 is 9.13 Å². The number of nitrogens with zero attached hydrogens (tertiary/aromatic N) is 1. The van der Waals surface area contributed by atoms with Gasteiger partial charge >= 0.3 is 0 Å². The topological polar surface area (TPSA) is 12.5 Å². The summed E-state index contributed by atoms with van der Waals surface area (Å²) in [5.41, 5.74) is 7.98. The molecule has 0 saturated carbocycles. The molecule has 2 nitrogen and oxygen atoms in total. The maximum atomic E-state index is 13.4. The van der Waals surface area contributed by atoms with Crippen LogP contribution in [0.3, 0.4) is 0 Å². The number of halogens is 1. The lowest BCUT2D eigenvalue weighted by Crippen LogP contribution is -2.10. The molecule has 0 fully saturated rings. The lowest BCUT2D eigenvalue weighted by Gasteiger charge is -2.26. The number of allylic oxidation sites excluding steroid dienone is 4. The minimum atomic E-state index is -0.151. The van der Waals surface area contributed by atoms with E-state index in [2.05, 4.69) is 96.8 Å². The average molecular weight is 462 g/mol. The first kappa shape index (κ1) is 22.7. The number of aryl methyl sites for hydroxylation is 1. The van der Waals surface area contributed by atoms with Gasteiger partial charge in [-0.2, -0.15) is 0 Å². The van der Waals surface area contributed by atoms with E-state index >= 15 is 0 Å². The molecule has 0 amide bonds. The van der Waals surface area contributed by atoms with Crippen LogP contribution in [0.2, 0.25) is 0 Å². The van der Waals surface area contributed by atoms with Crippen molar-refractivity contribution in [3.63, 3.8) is 0 Å². The zero-order valence-corrected chi connectivity index (χ0v) is 20.0. The number of rotatable bonds is 6. The Labute approximate surface area is 206 Å². The normalized spacial score (nSPS) is 14.9. The van der Waals surface area contributed by atoms with Gasteiger partial charge in [-0.3, -0.25) is 0 Å². The van der Waals surface area contributed by atoms with Crippen LogP contribution in [0.4, 0.5) is 21.5 Å². The van der Waals surface area contributed by atoms with Gasteiger partial charge in [0.1, 0.15) is 11.6 Å². The molecule has 35 heavy (non-hydrogen) atoms. The molecule has 1 atom stereocenters. The molecule has 3 heteroatoms. The summed E-state index contributed by atoms with van der Waals surface area (Å²) in [7, 11) is 1.68. The molecular weight excluding hydrogens is 433 g/mol. The second kappa shape index (κ2) is 10.0. The molecule has 0 saturated heterocycles. The van der Waals surface area contributed by atoms with Gasteiger partial charge in [-0.25, -0.2) is 4.39 Å². The summed E-state index contributed by atoms with van der Waals surface area (Å²) >= 11 is 0. The second-order valence-electron chi connectivity index (χ2n) is 8.83. The highest BCUT2D eigenvalue weighted by molar-refractivity contribution is 5.78. The number of ether oxygens (including phenoxy) is 1. The molecule has 4 aromatic carbocycles. The Morgan fingerprint density at radius 3 is 1.74 bits per heavy atom. The lowest BCUT2D eigenvalue weighted by molar-refractivity contribution is 0.415. The SMILES string of the molecule is COc1ccc(-c2ccc(N(c3ccc(C)cc3)c3ccc(C4C=CC(F)=CC4)cc3)cc2)cc1. The third-order valence-corrected chi connectivity index (χ3v) is 6.48. The highest BCUT2D eigenvalue weighted by Crippen LogP contribution is 2.37. The van der Waals surface area contributed by atoms with Gasteiger partial charge < -0.3 is 9.64 Å². The Balaban J connectivity index is 1.47. The van der Waals surface area contributed by atoms with Gasteiger partial charge in [-0.15, -0.1) is 0 Å². The number of methoxy groups -OCH3 is 1. The van der Waals surface area contributed by atoms with Crippen molar-refractivity contribution in [1.29, 1.82) is 0 Å². The lowest BCUT2D eigenvalue weighted by atomic mass is 9.92. The Morgan fingerprint density at radius 2 is 1.23 bits per heavy atom. The number of hydrogen-bond acceptors (Lipinski definition) is 2. The van der Waals surface area contributed by atoms with Crippen LogP contribution in [0, 0.1) is 6.92 Å². The zero-order chi connectivity index (χ0) is 24.2. The van der Waals surface area contributed by atoms with Crippen molar-refractivity contribution in [2.24, 2.45) is 0 Å². The Hall–Kier alpha value is -4.11. The van der Waals surface area contributed by atoms with E-state index < -0.39 is 0 Å². The van der Waals surface area contributed by atoms with Crippen molar-refractivity contribution in [3.8, 4) is 16.9 Å². The first-order valence-electron chi connectivity index (χ1n) is 11.9. The van der Waals surface area contributed by atoms with Crippen LogP contribution in [0.1, 0.15) is 23.5 Å². The van der Waals surface area contributed by atoms with Crippen molar-refractivity contribution in [3.05, 3.63) is 132 Å². The van der Waals surface area contributed by atoms with Crippen LogP contribution >= 0.6 is 0 Å². The van der Waals surface area contributed by atoms with Crippen LogP contribution in [0.5, 0.6) is 5.75 Å². The van der Waals surface area contributed by atoms with Crippen molar-refractivity contribution in [1.82, 2.24) is 0 Å². The van der Waals surface area contributed by atoms with E-state index in [1.165, 1.54) is 11.1 Å². The molecule has 1 aliphatic carbocycles. The van der Waals surface area contributed by atoms with E-state index in [1.807, 2.05) is 18.2 Å². The molecule has 0 N–H and O–H groups in total. The van der Waals surface area contributed by atoms with Gasteiger partial charge in [0.2, 0.25) is 0 Å². The fourth-order valence-electron chi connectivity index (χ4n) is 4.44. The third kappa shape index (κ3) is 5.04. The maximum absolute atomic E-state index is 13.4. The van der Waals surface area contributed by atoms with E-state index in [9.17, 15) is 4.39 Å². The summed E-state index contributed by atoms with van der Waals surface area (Å²) in [6.07, 6.45) is 5.85. The minimum absolute atomic E-state index is 0.151. The quantitative estimate of drug-likeness (QED) is 0.284. The molecule has 0 spiro atoms. The van der Waals surface area contributed by atoms with Crippen LogP contribution in [-0.4, -0.2) is 7.11 Å². The van der Waals surface area contributed by atoms with E-state index in [0.29, 0.717) is 6.42 Å². The van der Waals surface area contributed by atoms with Crippen LogP contribution in [0.15, 0.2) is 121 Å². The summed E-state index contributed by atoms with van der Waals surface area (Å²) in [4.78, 5) is 2.26. The molecule has 4 aromatic rings. The summed E-state index contributed by atoms with van der Waals surface area (Å²) in [6, 6.07) is 33.9. The predicted octanol–water partition coefficient (Wildman–Crippen LogP) is 9.04. The summed E-state index contributed by atoms with van der Waals surface area (Å²) in [5, 5.41) is 0. The third-order valence-electron chi connectivity index (χ3n) is 6.48. The molecular formula is C32H28FNO. The molecule has 0 aromatic heterocycles. The maximum Gasteiger partial charge on any atom is 0.118 e. The van der Waals surface area contributed by atoms with Gasteiger partial charge in [0.05, 0.1) is 7.11 Å². The van der Waals surface area contributed by atoms with Crippen molar-refractivity contribution in [2.45, 2.75) is 19.3 Å². The summed E-state index contributed by atoms with van der Waals surface area (Å²) < 4.78 is 18.7. The van der Waals surface area contributed by atoms with E-state index in [-0.39, 0.29) is 11.7 Å². The molecule has 1 aliphatic rings. The average Bonchev–Trinajstić information content (AvgIpc) is 2.91. The van der Waals surface area contributed by atoms with E-state index in [1.54, 1.807) is 19.3 Å². The first-order chi connectivity index (χ1) is 17.1. The van der Waals surface area contributed by atoms with Crippen LogP contribution < -0.4 is 9.64 Å². The van der Waals surface area contributed by atoms with Gasteiger partial charge in [0.15, 0.2) is 0 Å². The largest absolute Gasteiger partial charge is 0.497 e. The smallest absolute Gasteiger partial charge is 0.118 e. The van der Waals surface area contributed by atoms with E-state index in [4.69, 9.17) is 4.74 Å². The highest BCUT2D eigenvalue weighted by Gasteiger charge is 2.15. The number of benzene rings is 4. The summed E-state index contributed by atoms with van der Waals surface area (Å²) in [5.74, 6) is 0.908. The Kier molecular flexibility index (Phi) is 6.49. The first-order valence-corrected chi connectivity index (χ1v) is 11.9. The molecule has 5 rings (SSSR count). The fourth-order valence-corrected chi connectivity index (χ4v) is 4.44. The standard InChI is InChI=1S/C32H28FNO/c1-23-3-15-29(16-4-23)34(30-17-7-25(8-18-30)24-5-13-28(33)14-6-24)31-19-9-26(10-20-31)27-11-21-32(35-2)22-12-27/h3-5,7-22,24H,6H2,1-2H3. The van der Waals surface area contributed by atoms with Crippen molar-refractivity contribution >= 4 is 17.1 Å². The Morgan fingerprint density at radius 1 is 0.714 bits per heavy atom. The summed E-state index contributed by atoms with van der Waals surface area (Å²) in [6.45, 7) is 2.10. The molecule has 0 heterocycles. The molecule has 0 bridgehead atoms. The van der Waals surface area contributed by atoms with Gasteiger partial charge in [0.25, 0.3) is 0 Å². The van der Waals surface area contributed by atoms with Crippen LogP contribution in [0.25, 0.3) is 11.1 Å². The second-order valence-corrected chi connectivity index (χ2v) is 8.83. The molecule has 1 unspecified atom stereocenters. The number of hydrogen-bond donors (Lipinski definition) is 0. The molecule has 0 radical (unpaired) electrons. The van der Waals surface area contributed by atoms with Gasteiger partial charge in [-0.1, -0.05) is 60.2 Å². The highest BCUT2D eigenvalue weighted by atomic mass is 19.1. The van der Waals surface area contributed by atoms with Gasteiger partial charge in [0, 0.05) is 23.0 Å². The Bertz CT molecular complexity index is 1340. The van der Waals surface area contributed by atoms with Gasteiger partial charge in [-0.05, 0) is 90.7 Å². The minimum Gasteiger partial charge on any atom is -0.497 e. The predicted molar refractivity (Wildman–Crippen MR) is 144 cm³/mol. The molecule has 174 valence electrons. The van der Waals surface area contributed by atoms with Crippen molar-refractivity contribution in [2.75, 3.05) is 12.0 Å².